The summed E-state index contributed by atoms with van der Waals surface area (Å²) in [6, 6.07) is 7.67. The lowest BCUT2D eigenvalue weighted by Crippen LogP contribution is -2.35. The van der Waals surface area contributed by atoms with Crippen molar-refractivity contribution >= 4 is 0 Å². The van der Waals surface area contributed by atoms with E-state index in [2.05, 4.69) is 0 Å². The summed E-state index contributed by atoms with van der Waals surface area (Å²) in [6.45, 7) is 0. The Morgan fingerprint density at radius 3 is 2.53 bits per heavy atom. The third-order valence-corrected chi connectivity index (χ3v) is 4.72. The monoisotopic (exact) mass is 231 g/mol. The topological polar surface area (TPSA) is 46.2 Å². The molecule has 0 aliphatic heterocycles. The van der Waals surface area contributed by atoms with Crippen LogP contribution in [0.3, 0.4) is 0 Å². The summed E-state index contributed by atoms with van der Waals surface area (Å²) in [6.07, 6.45) is 7.64. The second-order valence-electron chi connectivity index (χ2n) is 5.76. The van der Waals surface area contributed by atoms with Crippen molar-refractivity contribution in [1.29, 1.82) is 0 Å². The minimum absolute atomic E-state index is 0.0285. The maximum Gasteiger partial charge on any atom is 0.119 e. The number of phenolic OH excluding ortho intramolecular Hbond substituents is 1. The largest absolute Gasteiger partial charge is 0.508 e. The van der Waals surface area contributed by atoms with E-state index in [0.29, 0.717) is 17.6 Å². The Bertz CT molecular complexity index is 411. The fourth-order valence-corrected chi connectivity index (χ4v) is 3.57. The molecule has 0 radical (unpaired) electrons. The molecule has 92 valence electrons. The molecule has 0 bridgehead atoms. The van der Waals surface area contributed by atoms with Crippen LogP contribution in [-0.2, 0) is 0 Å². The van der Waals surface area contributed by atoms with Gasteiger partial charge in [-0.2, -0.15) is 0 Å². The van der Waals surface area contributed by atoms with Crippen LogP contribution in [0.1, 0.15) is 50.0 Å². The highest BCUT2D eigenvalue weighted by Gasteiger charge is 2.56. The molecule has 1 aromatic carbocycles. The van der Waals surface area contributed by atoms with Crippen molar-refractivity contribution in [3.8, 4) is 5.75 Å². The molecule has 3 rings (SSSR count). The summed E-state index contributed by atoms with van der Waals surface area (Å²) in [5.74, 6) is 1.47. The van der Waals surface area contributed by atoms with Gasteiger partial charge in [0.2, 0.25) is 0 Å². The van der Waals surface area contributed by atoms with Gasteiger partial charge in [0.25, 0.3) is 0 Å². The molecule has 2 aliphatic rings. The molecule has 0 amide bonds. The van der Waals surface area contributed by atoms with Crippen molar-refractivity contribution < 1.29 is 5.11 Å². The van der Waals surface area contributed by atoms with Crippen LogP contribution in [0.4, 0.5) is 0 Å². The first-order valence-electron chi connectivity index (χ1n) is 6.78. The summed E-state index contributed by atoms with van der Waals surface area (Å²) < 4.78 is 0. The van der Waals surface area contributed by atoms with Gasteiger partial charge in [0.05, 0.1) is 0 Å². The first-order valence-corrected chi connectivity index (χ1v) is 6.78. The minimum atomic E-state index is -0.0285. The van der Waals surface area contributed by atoms with Gasteiger partial charge in [-0.25, -0.2) is 0 Å². The second-order valence-corrected chi connectivity index (χ2v) is 5.76. The number of benzene rings is 1. The lowest BCUT2D eigenvalue weighted by Gasteiger charge is -2.28. The Balaban J connectivity index is 1.78. The van der Waals surface area contributed by atoms with Crippen LogP contribution < -0.4 is 5.73 Å². The fraction of sp³-hybridized carbons (Fsp3) is 0.600. The lowest BCUT2D eigenvalue weighted by molar-refractivity contribution is 0.285. The normalized spacial score (nSPS) is 33.6. The molecule has 2 saturated carbocycles. The van der Waals surface area contributed by atoms with Crippen LogP contribution in [0, 0.1) is 5.92 Å². The standard InChI is InChI=1S/C15H21NO/c16-15(11-6-2-1-3-7-11)10-13(15)12-8-4-5-9-14(12)17/h4-5,8-9,11,13,17H,1-3,6-7,10,16H2. The average molecular weight is 231 g/mol. The van der Waals surface area contributed by atoms with E-state index < -0.39 is 0 Å². The molecule has 2 nitrogen and oxygen atoms in total. The molecule has 2 atom stereocenters. The predicted molar refractivity (Wildman–Crippen MR) is 69.0 cm³/mol. The van der Waals surface area contributed by atoms with Crippen LogP contribution in [0.5, 0.6) is 5.75 Å². The van der Waals surface area contributed by atoms with Gasteiger partial charge in [-0.05, 0) is 36.8 Å². The summed E-state index contributed by atoms with van der Waals surface area (Å²) in [5, 5.41) is 9.90. The van der Waals surface area contributed by atoms with E-state index in [0.717, 1.165) is 12.0 Å². The molecule has 2 unspecified atom stereocenters. The third-order valence-electron chi connectivity index (χ3n) is 4.72. The molecule has 0 saturated heterocycles. The van der Waals surface area contributed by atoms with Gasteiger partial charge in [0, 0.05) is 11.5 Å². The highest BCUT2D eigenvalue weighted by Crippen LogP contribution is 2.58. The van der Waals surface area contributed by atoms with Crippen molar-refractivity contribution in [2.24, 2.45) is 11.7 Å². The summed E-state index contributed by atoms with van der Waals surface area (Å²) in [4.78, 5) is 0. The molecule has 0 aromatic heterocycles. The predicted octanol–water partition coefficient (Wildman–Crippen LogP) is 3.16. The minimum Gasteiger partial charge on any atom is -0.508 e. The van der Waals surface area contributed by atoms with E-state index in [1.54, 1.807) is 6.07 Å². The highest BCUT2D eigenvalue weighted by molar-refractivity contribution is 5.43. The average Bonchev–Trinajstić information content (AvgIpc) is 3.05. The van der Waals surface area contributed by atoms with Crippen LogP contribution in [0.2, 0.25) is 0 Å². The molecule has 0 heterocycles. The first kappa shape index (κ1) is 11.1. The van der Waals surface area contributed by atoms with E-state index in [9.17, 15) is 5.11 Å². The van der Waals surface area contributed by atoms with Crippen molar-refractivity contribution in [2.75, 3.05) is 0 Å². The zero-order valence-electron chi connectivity index (χ0n) is 10.2. The number of hydrogen-bond acceptors (Lipinski definition) is 2. The summed E-state index contributed by atoms with van der Waals surface area (Å²) in [5.41, 5.74) is 7.58. The number of para-hydroxylation sites is 1. The zero-order chi connectivity index (χ0) is 11.9. The van der Waals surface area contributed by atoms with E-state index >= 15 is 0 Å². The first-order chi connectivity index (χ1) is 8.22. The maximum atomic E-state index is 9.90. The smallest absolute Gasteiger partial charge is 0.119 e. The number of aromatic hydroxyl groups is 1. The molecule has 2 aliphatic carbocycles. The Morgan fingerprint density at radius 1 is 1.12 bits per heavy atom. The molecule has 17 heavy (non-hydrogen) atoms. The highest BCUT2D eigenvalue weighted by atomic mass is 16.3. The molecule has 2 heteroatoms. The van der Waals surface area contributed by atoms with Gasteiger partial charge < -0.3 is 10.8 Å². The third kappa shape index (κ3) is 1.85. The summed E-state index contributed by atoms with van der Waals surface area (Å²) >= 11 is 0. The van der Waals surface area contributed by atoms with Crippen molar-refractivity contribution in [3.63, 3.8) is 0 Å². The maximum absolute atomic E-state index is 9.90. The molecule has 3 N–H and O–H groups in total. The number of nitrogens with two attached hydrogens (primary N) is 1. The van der Waals surface area contributed by atoms with E-state index in [1.807, 2.05) is 18.2 Å². The molecule has 2 fully saturated rings. The second kappa shape index (κ2) is 4.02. The van der Waals surface area contributed by atoms with E-state index in [1.165, 1.54) is 32.1 Å². The number of hydrogen-bond donors (Lipinski definition) is 2. The Morgan fingerprint density at radius 2 is 1.82 bits per heavy atom. The fourth-order valence-electron chi connectivity index (χ4n) is 3.57. The lowest BCUT2D eigenvalue weighted by atomic mass is 9.81. The van der Waals surface area contributed by atoms with Crippen molar-refractivity contribution in [3.05, 3.63) is 29.8 Å². The Hall–Kier alpha value is -1.02. The van der Waals surface area contributed by atoms with E-state index in [-0.39, 0.29) is 5.54 Å². The Labute approximate surface area is 103 Å². The van der Waals surface area contributed by atoms with Gasteiger partial charge in [-0.3, -0.25) is 0 Å². The van der Waals surface area contributed by atoms with Crippen molar-refractivity contribution in [1.82, 2.24) is 0 Å². The van der Waals surface area contributed by atoms with Crippen molar-refractivity contribution in [2.45, 2.75) is 50.0 Å². The Kier molecular flexibility index (Phi) is 2.62. The molecule has 0 spiro atoms. The van der Waals surface area contributed by atoms with Gasteiger partial charge in [-0.15, -0.1) is 0 Å². The number of phenols is 1. The quantitative estimate of drug-likeness (QED) is 0.821. The van der Waals surface area contributed by atoms with Gasteiger partial charge >= 0.3 is 0 Å². The van der Waals surface area contributed by atoms with Crippen LogP contribution in [0.15, 0.2) is 24.3 Å². The van der Waals surface area contributed by atoms with Crippen LogP contribution in [-0.4, -0.2) is 10.6 Å². The van der Waals surface area contributed by atoms with Gasteiger partial charge in [0.15, 0.2) is 0 Å². The molecular formula is C15H21NO. The van der Waals surface area contributed by atoms with Gasteiger partial charge in [0.1, 0.15) is 5.75 Å². The zero-order valence-corrected chi connectivity index (χ0v) is 10.2. The van der Waals surface area contributed by atoms with Crippen LogP contribution >= 0.6 is 0 Å². The molecular weight excluding hydrogens is 210 g/mol. The van der Waals surface area contributed by atoms with Crippen LogP contribution in [0.25, 0.3) is 0 Å². The molecule has 1 aromatic rings. The SMILES string of the molecule is NC1(C2CCCCC2)CC1c1ccccc1O. The number of rotatable bonds is 2. The summed E-state index contributed by atoms with van der Waals surface area (Å²) in [7, 11) is 0. The van der Waals surface area contributed by atoms with E-state index in [4.69, 9.17) is 5.73 Å². The van der Waals surface area contributed by atoms with Gasteiger partial charge in [-0.1, -0.05) is 37.5 Å².